The number of azide groups is 1. The Morgan fingerprint density at radius 3 is 2.82 bits per heavy atom. The average molecular weight is 517 g/mol. The van der Waals surface area contributed by atoms with Gasteiger partial charge in [-0.05, 0) is 24.1 Å². The van der Waals surface area contributed by atoms with E-state index in [0.29, 0.717) is 30.1 Å². The molecule has 3 N–H and O–H groups in total. The Morgan fingerprint density at radius 1 is 1.24 bits per heavy atom. The SMILES string of the molecule is Cc1ccc(OCc2ccccc2)c(CNc2ncnc3c2ncn3C2OC(C(=O)O)C(N=[N+]=[N-])C2O)c1. The number of aliphatic hydroxyl groups excluding tert-OH is 1. The molecule has 1 aliphatic rings. The summed E-state index contributed by atoms with van der Waals surface area (Å²) in [5, 5.41) is 26.8. The fourth-order valence-corrected chi connectivity index (χ4v) is 4.35. The highest BCUT2D eigenvalue weighted by Crippen LogP contribution is 2.34. The molecule has 4 aromatic rings. The summed E-state index contributed by atoms with van der Waals surface area (Å²) in [7, 11) is 0. The first-order chi connectivity index (χ1) is 18.5. The second-order valence-electron chi connectivity index (χ2n) is 8.76. The molecule has 4 atom stereocenters. The normalized spacial score (nSPS) is 20.7. The highest BCUT2D eigenvalue weighted by Gasteiger charge is 2.48. The molecular weight excluding hydrogens is 492 g/mol. The Labute approximate surface area is 216 Å². The Morgan fingerprint density at radius 2 is 2.05 bits per heavy atom. The van der Waals surface area contributed by atoms with Crippen molar-refractivity contribution in [2.24, 2.45) is 5.11 Å². The van der Waals surface area contributed by atoms with Gasteiger partial charge in [0.2, 0.25) is 0 Å². The monoisotopic (exact) mass is 516 g/mol. The number of carboxylic acids is 1. The molecule has 1 fully saturated rings. The molecule has 5 rings (SSSR count). The number of imidazole rings is 1. The van der Waals surface area contributed by atoms with Crippen LogP contribution in [0.25, 0.3) is 21.6 Å². The first-order valence-corrected chi connectivity index (χ1v) is 11.7. The number of carboxylic acid groups (broad SMARTS) is 1. The fraction of sp³-hybridized carbons (Fsp3) is 0.280. The number of nitrogens with zero attached hydrogens (tertiary/aromatic N) is 7. The highest BCUT2D eigenvalue weighted by atomic mass is 16.6. The third kappa shape index (κ3) is 4.93. The van der Waals surface area contributed by atoms with Gasteiger partial charge in [0.05, 0.1) is 6.33 Å². The fourth-order valence-electron chi connectivity index (χ4n) is 4.35. The number of fused-ring (bicyclic) bond motifs is 1. The molecule has 13 heteroatoms. The molecule has 3 heterocycles. The second-order valence-corrected chi connectivity index (χ2v) is 8.76. The largest absolute Gasteiger partial charge is 0.489 e. The number of carbonyl (C=O) groups is 1. The average Bonchev–Trinajstić information content (AvgIpc) is 3.49. The smallest absolute Gasteiger partial charge is 0.333 e. The van der Waals surface area contributed by atoms with Crippen LogP contribution in [0.5, 0.6) is 5.75 Å². The number of aliphatic hydroxyl groups is 1. The van der Waals surface area contributed by atoms with E-state index in [-0.39, 0.29) is 0 Å². The number of benzene rings is 2. The van der Waals surface area contributed by atoms with Gasteiger partial charge in [0.25, 0.3) is 0 Å². The van der Waals surface area contributed by atoms with Crippen molar-refractivity contribution in [3.63, 3.8) is 0 Å². The summed E-state index contributed by atoms with van der Waals surface area (Å²) in [4.78, 5) is 27.1. The first kappa shape index (κ1) is 25.0. The summed E-state index contributed by atoms with van der Waals surface area (Å²) in [6, 6.07) is 14.5. The molecule has 2 aromatic carbocycles. The van der Waals surface area contributed by atoms with Crippen molar-refractivity contribution in [3.8, 4) is 5.75 Å². The van der Waals surface area contributed by atoms with Gasteiger partial charge >= 0.3 is 5.97 Å². The van der Waals surface area contributed by atoms with Gasteiger partial charge in [0, 0.05) is 17.0 Å². The molecule has 0 amide bonds. The summed E-state index contributed by atoms with van der Waals surface area (Å²) < 4.78 is 13.0. The third-order valence-electron chi connectivity index (χ3n) is 6.20. The van der Waals surface area contributed by atoms with E-state index >= 15 is 0 Å². The topological polar surface area (TPSA) is 180 Å². The van der Waals surface area contributed by atoms with Crippen LogP contribution < -0.4 is 10.1 Å². The Kier molecular flexibility index (Phi) is 7.05. The van der Waals surface area contributed by atoms with Crippen molar-refractivity contribution in [1.82, 2.24) is 19.5 Å². The summed E-state index contributed by atoms with van der Waals surface area (Å²) >= 11 is 0. The lowest BCUT2D eigenvalue weighted by Gasteiger charge is -2.17. The van der Waals surface area contributed by atoms with E-state index < -0.39 is 30.4 Å². The predicted molar refractivity (Wildman–Crippen MR) is 135 cm³/mol. The molecule has 13 nitrogen and oxygen atoms in total. The van der Waals surface area contributed by atoms with Gasteiger partial charge in [-0.3, -0.25) is 4.57 Å². The standard InChI is InChI=1S/C25H24N8O5/c1-14-7-8-17(37-11-15-5-3-2-4-6-15)16(9-14)10-27-22-19-23(29-12-28-22)33(13-30-19)24-20(34)18(31-32-26)21(38-24)25(35)36/h2-9,12-13,18,20-21,24,34H,10-11H2,1H3,(H,35,36)(H,27,28,29). The summed E-state index contributed by atoms with van der Waals surface area (Å²) in [6.07, 6.45) is -1.41. The molecule has 0 spiro atoms. The number of hydrogen-bond acceptors (Lipinski definition) is 9. The molecular formula is C25H24N8O5. The number of aryl methyl sites for hydroxylation is 1. The lowest BCUT2D eigenvalue weighted by atomic mass is 10.1. The van der Waals surface area contributed by atoms with Gasteiger partial charge in [-0.2, -0.15) is 0 Å². The molecule has 4 unspecified atom stereocenters. The van der Waals surface area contributed by atoms with Gasteiger partial charge in [0.1, 0.15) is 30.8 Å². The number of aromatic nitrogens is 4. The van der Waals surface area contributed by atoms with E-state index in [1.807, 2.05) is 55.5 Å². The van der Waals surface area contributed by atoms with Crippen LogP contribution in [0.15, 0.2) is 66.3 Å². The second kappa shape index (κ2) is 10.7. The van der Waals surface area contributed by atoms with E-state index in [2.05, 4.69) is 30.3 Å². The number of nitrogens with one attached hydrogen (secondary N) is 1. The van der Waals surface area contributed by atoms with Gasteiger partial charge in [-0.25, -0.2) is 19.7 Å². The number of hydrogen-bond donors (Lipinski definition) is 3. The van der Waals surface area contributed by atoms with Crippen molar-refractivity contribution in [1.29, 1.82) is 0 Å². The quantitative estimate of drug-likeness (QED) is 0.171. The van der Waals surface area contributed by atoms with E-state index in [4.69, 9.17) is 15.0 Å². The minimum atomic E-state index is -1.52. The maximum absolute atomic E-state index is 11.6. The van der Waals surface area contributed by atoms with Gasteiger partial charge in [-0.15, -0.1) is 0 Å². The lowest BCUT2D eigenvalue weighted by Crippen LogP contribution is -2.34. The molecule has 38 heavy (non-hydrogen) atoms. The summed E-state index contributed by atoms with van der Waals surface area (Å²) in [5.41, 5.74) is 12.5. The maximum Gasteiger partial charge on any atom is 0.333 e. The minimum absolute atomic E-state index is 0.307. The van der Waals surface area contributed by atoms with Crippen LogP contribution in [-0.4, -0.2) is 54.0 Å². The van der Waals surface area contributed by atoms with Crippen molar-refractivity contribution in [3.05, 3.63) is 88.3 Å². The van der Waals surface area contributed by atoms with Crippen LogP contribution >= 0.6 is 0 Å². The molecule has 2 aromatic heterocycles. The van der Waals surface area contributed by atoms with Gasteiger partial charge in [-0.1, -0.05) is 53.1 Å². The Bertz CT molecular complexity index is 1500. The zero-order valence-electron chi connectivity index (χ0n) is 20.2. The highest BCUT2D eigenvalue weighted by molar-refractivity contribution is 5.83. The van der Waals surface area contributed by atoms with Crippen LogP contribution in [0.3, 0.4) is 0 Å². The third-order valence-corrected chi connectivity index (χ3v) is 6.20. The van der Waals surface area contributed by atoms with Gasteiger partial charge < -0.3 is 25.0 Å². The molecule has 1 aliphatic heterocycles. The zero-order chi connectivity index (χ0) is 26.6. The van der Waals surface area contributed by atoms with Gasteiger partial charge in [0.15, 0.2) is 29.3 Å². The molecule has 194 valence electrons. The predicted octanol–water partition coefficient (Wildman–Crippen LogP) is 3.35. The van der Waals surface area contributed by atoms with Crippen molar-refractivity contribution >= 4 is 23.0 Å². The number of aliphatic carboxylic acids is 1. The first-order valence-electron chi connectivity index (χ1n) is 11.7. The molecule has 1 saturated heterocycles. The van der Waals surface area contributed by atoms with Crippen LogP contribution in [0, 0.1) is 6.92 Å². The van der Waals surface area contributed by atoms with E-state index in [0.717, 1.165) is 22.4 Å². The van der Waals surface area contributed by atoms with Crippen molar-refractivity contribution < 1.29 is 24.5 Å². The van der Waals surface area contributed by atoms with Crippen LogP contribution in [0.1, 0.15) is 22.9 Å². The molecule has 0 bridgehead atoms. The Hall–Kier alpha value is -4.71. The summed E-state index contributed by atoms with van der Waals surface area (Å²) in [6.45, 7) is 2.81. The lowest BCUT2D eigenvalue weighted by molar-refractivity contribution is -0.152. The van der Waals surface area contributed by atoms with Crippen LogP contribution in [-0.2, 0) is 22.7 Å². The molecule has 0 radical (unpaired) electrons. The minimum Gasteiger partial charge on any atom is -0.489 e. The summed E-state index contributed by atoms with van der Waals surface area (Å²) in [5.74, 6) is -0.194. The van der Waals surface area contributed by atoms with Crippen molar-refractivity contribution in [2.45, 2.75) is 44.6 Å². The van der Waals surface area contributed by atoms with Crippen LogP contribution in [0.2, 0.25) is 0 Å². The number of rotatable bonds is 9. The molecule has 0 saturated carbocycles. The number of ether oxygens (including phenoxy) is 2. The van der Waals surface area contributed by atoms with E-state index in [1.165, 1.54) is 17.2 Å². The number of anilines is 1. The Balaban J connectivity index is 1.37. The van der Waals surface area contributed by atoms with E-state index in [9.17, 15) is 15.0 Å². The maximum atomic E-state index is 11.6. The molecule has 0 aliphatic carbocycles. The van der Waals surface area contributed by atoms with Crippen molar-refractivity contribution in [2.75, 3.05) is 5.32 Å². The zero-order valence-corrected chi connectivity index (χ0v) is 20.2. The van der Waals surface area contributed by atoms with Crippen LogP contribution in [0.4, 0.5) is 5.82 Å². The van der Waals surface area contributed by atoms with E-state index in [1.54, 1.807) is 0 Å².